The zero-order chi connectivity index (χ0) is 23.4. The Morgan fingerprint density at radius 1 is 1.27 bits per heavy atom. The molecule has 176 valence electrons. The minimum absolute atomic E-state index is 0.130. The number of nitrogens with zero attached hydrogens (tertiary/aromatic N) is 4. The monoisotopic (exact) mass is 454 g/mol. The summed E-state index contributed by atoms with van der Waals surface area (Å²) in [5.41, 5.74) is 8.43. The first kappa shape index (κ1) is 22.6. The average molecular weight is 455 g/mol. The zero-order valence-electron chi connectivity index (χ0n) is 18.8. The van der Waals surface area contributed by atoms with Crippen molar-refractivity contribution in [2.75, 3.05) is 50.4 Å². The number of carboxylic acids is 1. The molecule has 2 aliphatic heterocycles. The maximum absolute atomic E-state index is 12.9. The van der Waals surface area contributed by atoms with Gasteiger partial charge in [0.1, 0.15) is 11.6 Å². The molecule has 10 nitrogen and oxygen atoms in total. The van der Waals surface area contributed by atoms with Crippen LogP contribution in [0.5, 0.6) is 5.75 Å². The second kappa shape index (κ2) is 9.93. The van der Waals surface area contributed by atoms with E-state index in [1.165, 1.54) is 0 Å². The highest BCUT2D eigenvalue weighted by Crippen LogP contribution is 2.30. The topological polar surface area (TPSA) is 134 Å². The quantitative estimate of drug-likeness (QED) is 0.496. The summed E-state index contributed by atoms with van der Waals surface area (Å²) < 4.78 is 5.58. The van der Waals surface area contributed by atoms with Crippen LogP contribution in [0.1, 0.15) is 36.1 Å². The summed E-state index contributed by atoms with van der Waals surface area (Å²) in [6, 6.07) is 7.17. The third-order valence-electron chi connectivity index (χ3n) is 6.00. The first-order valence-electron chi connectivity index (χ1n) is 11.3. The van der Waals surface area contributed by atoms with Crippen LogP contribution in [0.3, 0.4) is 0 Å². The Balaban J connectivity index is 1.33. The van der Waals surface area contributed by atoms with E-state index in [4.69, 9.17) is 10.5 Å². The lowest BCUT2D eigenvalue weighted by molar-refractivity contribution is -0.139. The summed E-state index contributed by atoms with van der Waals surface area (Å²) in [5, 5.41) is 12.9. The van der Waals surface area contributed by atoms with Gasteiger partial charge in [-0.15, -0.1) is 0 Å². The maximum atomic E-state index is 12.9. The van der Waals surface area contributed by atoms with Crippen LogP contribution >= 0.6 is 0 Å². The predicted molar refractivity (Wildman–Crippen MR) is 123 cm³/mol. The molecule has 0 aliphatic carbocycles. The maximum Gasteiger partial charge on any atom is 0.320 e. The number of nitrogens with one attached hydrogen (secondary N) is 1. The number of ether oxygens (including phenoxy) is 1. The molecule has 33 heavy (non-hydrogen) atoms. The lowest BCUT2D eigenvalue weighted by Gasteiger charge is -2.22. The number of nitrogen functional groups attached to an aromatic ring is 1. The predicted octanol–water partition coefficient (Wildman–Crippen LogP) is 1.96. The van der Waals surface area contributed by atoms with Crippen molar-refractivity contribution in [3.63, 3.8) is 0 Å². The molecule has 0 radical (unpaired) electrons. The number of fused-ring (bicyclic) bond motifs is 1. The van der Waals surface area contributed by atoms with Crippen LogP contribution in [0, 0.1) is 0 Å². The minimum atomic E-state index is -0.947. The first-order chi connectivity index (χ1) is 15.9. The number of anilines is 2. The third kappa shape index (κ3) is 5.27. The van der Waals surface area contributed by atoms with Gasteiger partial charge in [0.2, 0.25) is 5.95 Å². The fraction of sp³-hybridized carbons (Fsp3) is 0.478. The number of aryl methyl sites for hydroxylation is 1. The second-order valence-electron chi connectivity index (χ2n) is 8.31. The summed E-state index contributed by atoms with van der Waals surface area (Å²) in [7, 11) is 0. The smallest absolute Gasteiger partial charge is 0.320 e. The van der Waals surface area contributed by atoms with E-state index in [1.54, 1.807) is 21.9 Å². The van der Waals surface area contributed by atoms with Crippen LogP contribution in [0.4, 0.5) is 16.6 Å². The van der Waals surface area contributed by atoms with E-state index in [-0.39, 0.29) is 12.6 Å². The van der Waals surface area contributed by atoms with Gasteiger partial charge in [-0.1, -0.05) is 12.1 Å². The summed E-state index contributed by atoms with van der Waals surface area (Å²) in [6.45, 7) is 5.08. The molecule has 0 saturated carbocycles. The van der Waals surface area contributed by atoms with E-state index < -0.39 is 11.9 Å². The SMILES string of the molecule is CCNc1nc(N)cc(CCCN2CCN(CC(C(=O)O)c3ccc4c(c3)OCC4)C2=O)n1. The Morgan fingerprint density at radius 2 is 2.09 bits per heavy atom. The molecule has 0 spiro atoms. The molecule has 4 N–H and O–H groups in total. The first-order valence-corrected chi connectivity index (χ1v) is 11.3. The van der Waals surface area contributed by atoms with E-state index in [9.17, 15) is 14.7 Å². The van der Waals surface area contributed by atoms with Crippen molar-refractivity contribution in [1.29, 1.82) is 0 Å². The Morgan fingerprint density at radius 3 is 2.88 bits per heavy atom. The van der Waals surface area contributed by atoms with E-state index in [0.29, 0.717) is 56.5 Å². The van der Waals surface area contributed by atoms with Gasteiger partial charge < -0.3 is 30.7 Å². The zero-order valence-corrected chi connectivity index (χ0v) is 18.8. The molecular formula is C23H30N6O4. The van der Waals surface area contributed by atoms with Gasteiger partial charge in [0.05, 0.1) is 12.5 Å². The van der Waals surface area contributed by atoms with Gasteiger partial charge in [0, 0.05) is 50.9 Å². The van der Waals surface area contributed by atoms with E-state index >= 15 is 0 Å². The van der Waals surface area contributed by atoms with Crippen molar-refractivity contribution >= 4 is 23.8 Å². The van der Waals surface area contributed by atoms with Crippen LogP contribution in [0.15, 0.2) is 24.3 Å². The molecule has 3 heterocycles. The van der Waals surface area contributed by atoms with Crippen LogP contribution in [-0.4, -0.2) is 76.2 Å². The number of benzene rings is 1. The summed E-state index contributed by atoms with van der Waals surface area (Å²) in [4.78, 5) is 36.9. The van der Waals surface area contributed by atoms with Crippen molar-refractivity contribution in [2.45, 2.75) is 32.1 Å². The number of aromatic nitrogens is 2. The normalized spacial score (nSPS) is 16.0. The largest absolute Gasteiger partial charge is 0.493 e. The molecule has 1 aromatic carbocycles. The highest BCUT2D eigenvalue weighted by atomic mass is 16.5. The number of urea groups is 1. The fourth-order valence-electron chi connectivity index (χ4n) is 4.29. The van der Waals surface area contributed by atoms with E-state index in [0.717, 1.165) is 29.8 Å². The Kier molecular flexibility index (Phi) is 6.81. The van der Waals surface area contributed by atoms with Crippen LogP contribution in [0.2, 0.25) is 0 Å². The molecule has 0 bridgehead atoms. The lowest BCUT2D eigenvalue weighted by Crippen LogP contribution is -2.36. The van der Waals surface area contributed by atoms with Gasteiger partial charge in [-0.2, -0.15) is 4.98 Å². The molecule has 2 amide bonds. The van der Waals surface area contributed by atoms with Gasteiger partial charge in [-0.05, 0) is 37.0 Å². The molecule has 1 saturated heterocycles. The van der Waals surface area contributed by atoms with Gasteiger partial charge in [0.25, 0.3) is 0 Å². The van der Waals surface area contributed by atoms with Crippen molar-refractivity contribution in [2.24, 2.45) is 0 Å². The van der Waals surface area contributed by atoms with Crippen molar-refractivity contribution < 1.29 is 19.4 Å². The van der Waals surface area contributed by atoms with Crippen molar-refractivity contribution in [3.05, 3.63) is 41.1 Å². The van der Waals surface area contributed by atoms with E-state index in [2.05, 4.69) is 15.3 Å². The van der Waals surface area contributed by atoms with Crippen LogP contribution < -0.4 is 15.8 Å². The number of hydrogen-bond acceptors (Lipinski definition) is 7. The number of carbonyl (C=O) groups excluding carboxylic acids is 1. The van der Waals surface area contributed by atoms with Crippen molar-refractivity contribution in [3.8, 4) is 5.75 Å². The molecule has 1 unspecified atom stereocenters. The number of carboxylic acid groups (broad SMARTS) is 1. The minimum Gasteiger partial charge on any atom is -0.493 e. The molecule has 1 fully saturated rings. The average Bonchev–Trinajstić information content (AvgIpc) is 3.38. The summed E-state index contributed by atoms with van der Waals surface area (Å²) in [5.74, 6) is -0.0756. The number of amides is 2. The number of nitrogens with two attached hydrogens (primary N) is 1. The summed E-state index contributed by atoms with van der Waals surface area (Å²) >= 11 is 0. The molecule has 2 aliphatic rings. The van der Waals surface area contributed by atoms with E-state index in [1.807, 2.05) is 19.1 Å². The molecule has 10 heteroatoms. The van der Waals surface area contributed by atoms with Crippen LogP contribution in [0.25, 0.3) is 0 Å². The number of rotatable bonds is 10. The number of carbonyl (C=O) groups is 2. The molecule has 2 aromatic rings. The Hall–Kier alpha value is -3.56. The van der Waals surface area contributed by atoms with Crippen molar-refractivity contribution in [1.82, 2.24) is 19.8 Å². The molecule has 1 aromatic heterocycles. The van der Waals surface area contributed by atoms with Gasteiger partial charge in [-0.3, -0.25) is 4.79 Å². The highest BCUT2D eigenvalue weighted by molar-refractivity contribution is 5.80. The second-order valence-corrected chi connectivity index (χ2v) is 8.31. The van der Waals surface area contributed by atoms with Gasteiger partial charge in [0.15, 0.2) is 0 Å². The lowest BCUT2D eigenvalue weighted by atomic mass is 9.96. The molecular weight excluding hydrogens is 424 g/mol. The van der Waals surface area contributed by atoms with Gasteiger partial charge in [-0.25, -0.2) is 9.78 Å². The third-order valence-corrected chi connectivity index (χ3v) is 6.00. The summed E-state index contributed by atoms with van der Waals surface area (Å²) in [6.07, 6.45) is 2.23. The van der Waals surface area contributed by atoms with Gasteiger partial charge >= 0.3 is 12.0 Å². The highest BCUT2D eigenvalue weighted by Gasteiger charge is 2.33. The molecule has 1 atom stereocenters. The molecule has 4 rings (SSSR count). The number of hydrogen-bond donors (Lipinski definition) is 3. The standard InChI is InChI=1S/C23H30N6O4/c1-2-25-22-26-17(13-20(24)27-22)4-3-8-28-9-10-29(23(28)32)14-18(21(30)31)16-6-5-15-7-11-33-19(15)12-16/h5-6,12-13,18H,2-4,7-11,14H2,1H3,(H,30,31)(H3,24,25,26,27). The van der Waals surface area contributed by atoms with Crippen LogP contribution in [-0.2, 0) is 17.6 Å². The fourth-order valence-corrected chi connectivity index (χ4v) is 4.29. The number of aliphatic carboxylic acids is 1. The Labute approximate surface area is 192 Å². The Bertz CT molecular complexity index is 1030.